The predicted molar refractivity (Wildman–Crippen MR) is 127 cm³/mol. The first-order valence-electron chi connectivity index (χ1n) is 11.2. The SMILES string of the molecule is COCc1c(C(=O)N2CCN(CC(=O)N3CCc4ccccc43)CC2)sc2cccc(F)c12. The van der Waals surface area contributed by atoms with E-state index in [0.717, 1.165) is 23.4 Å². The van der Waals surface area contributed by atoms with E-state index in [1.54, 1.807) is 18.1 Å². The fraction of sp³-hybridized carbons (Fsp3) is 0.360. The fourth-order valence-corrected chi connectivity index (χ4v) is 5.94. The molecule has 2 aromatic carbocycles. The largest absolute Gasteiger partial charge is 0.380 e. The molecule has 2 aliphatic heterocycles. The van der Waals surface area contributed by atoms with Crippen molar-refractivity contribution in [2.24, 2.45) is 0 Å². The van der Waals surface area contributed by atoms with Gasteiger partial charge in [0.25, 0.3) is 5.91 Å². The van der Waals surface area contributed by atoms with E-state index in [1.807, 2.05) is 29.2 Å². The van der Waals surface area contributed by atoms with Gasteiger partial charge in [0, 0.05) is 61.2 Å². The van der Waals surface area contributed by atoms with E-state index in [4.69, 9.17) is 4.74 Å². The molecule has 0 atom stereocenters. The molecular weight excluding hydrogens is 441 g/mol. The third-order valence-electron chi connectivity index (χ3n) is 6.45. The van der Waals surface area contributed by atoms with Crippen molar-refractivity contribution in [3.8, 4) is 0 Å². The molecule has 0 unspecified atom stereocenters. The van der Waals surface area contributed by atoms with E-state index in [9.17, 15) is 14.0 Å². The van der Waals surface area contributed by atoms with Crippen molar-refractivity contribution >= 4 is 38.9 Å². The van der Waals surface area contributed by atoms with Crippen LogP contribution in [-0.2, 0) is 22.6 Å². The maximum absolute atomic E-state index is 14.5. The van der Waals surface area contributed by atoms with Crippen LogP contribution in [0.25, 0.3) is 10.1 Å². The zero-order valence-electron chi connectivity index (χ0n) is 18.6. The van der Waals surface area contributed by atoms with E-state index < -0.39 is 0 Å². The third kappa shape index (κ3) is 4.14. The lowest BCUT2D eigenvalue weighted by molar-refractivity contribution is -0.120. The quantitative estimate of drug-likeness (QED) is 0.576. The number of carbonyl (C=O) groups is 2. The van der Waals surface area contributed by atoms with E-state index in [-0.39, 0.29) is 24.2 Å². The lowest BCUT2D eigenvalue weighted by atomic mass is 10.1. The molecule has 33 heavy (non-hydrogen) atoms. The zero-order valence-corrected chi connectivity index (χ0v) is 19.4. The summed E-state index contributed by atoms with van der Waals surface area (Å²) in [6.45, 7) is 3.59. The summed E-state index contributed by atoms with van der Waals surface area (Å²) in [7, 11) is 1.55. The van der Waals surface area contributed by atoms with Gasteiger partial charge in [0.05, 0.1) is 18.0 Å². The van der Waals surface area contributed by atoms with Crippen molar-refractivity contribution in [1.29, 1.82) is 0 Å². The average molecular weight is 468 g/mol. The number of benzene rings is 2. The summed E-state index contributed by atoms with van der Waals surface area (Å²) in [6, 6.07) is 13.0. The van der Waals surface area contributed by atoms with Crippen LogP contribution in [0, 0.1) is 5.82 Å². The number of halogens is 1. The molecule has 0 radical (unpaired) electrons. The minimum Gasteiger partial charge on any atom is -0.380 e. The van der Waals surface area contributed by atoms with Gasteiger partial charge in [0.2, 0.25) is 5.91 Å². The Bertz CT molecular complexity index is 1200. The van der Waals surface area contributed by atoms with Gasteiger partial charge in [-0.2, -0.15) is 0 Å². The minimum atomic E-state index is -0.332. The fourth-order valence-electron chi connectivity index (χ4n) is 4.75. The molecule has 0 saturated carbocycles. The number of para-hydroxylation sites is 1. The smallest absolute Gasteiger partial charge is 0.264 e. The summed E-state index contributed by atoms with van der Waals surface area (Å²) in [4.78, 5) is 32.5. The Hall–Kier alpha value is -2.81. The molecule has 1 aromatic heterocycles. The van der Waals surface area contributed by atoms with Crippen molar-refractivity contribution in [3.05, 3.63) is 64.3 Å². The molecule has 0 spiro atoms. The lowest BCUT2D eigenvalue weighted by Crippen LogP contribution is -2.51. The normalized spacial score (nSPS) is 16.4. The van der Waals surface area contributed by atoms with Crippen molar-refractivity contribution in [2.45, 2.75) is 13.0 Å². The van der Waals surface area contributed by atoms with Crippen molar-refractivity contribution in [1.82, 2.24) is 9.80 Å². The van der Waals surface area contributed by atoms with Crippen molar-refractivity contribution in [3.63, 3.8) is 0 Å². The van der Waals surface area contributed by atoms with Gasteiger partial charge in [-0.3, -0.25) is 14.5 Å². The van der Waals surface area contributed by atoms with Gasteiger partial charge in [-0.1, -0.05) is 24.3 Å². The number of nitrogens with zero attached hydrogens (tertiary/aromatic N) is 3. The summed E-state index contributed by atoms with van der Waals surface area (Å²) >= 11 is 1.32. The number of thiophene rings is 1. The Kier molecular flexibility index (Phi) is 6.14. The monoisotopic (exact) mass is 467 g/mol. The highest BCUT2D eigenvalue weighted by atomic mass is 32.1. The van der Waals surface area contributed by atoms with Crippen LogP contribution < -0.4 is 4.90 Å². The van der Waals surface area contributed by atoms with Crippen LogP contribution in [0.3, 0.4) is 0 Å². The van der Waals surface area contributed by atoms with Crippen LogP contribution in [-0.4, -0.2) is 68.0 Å². The maximum atomic E-state index is 14.5. The summed E-state index contributed by atoms with van der Waals surface area (Å²) in [5, 5.41) is 0.475. The molecule has 6 nitrogen and oxygen atoms in total. The number of fused-ring (bicyclic) bond motifs is 2. The van der Waals surface area contributed by atoms with Gasteiger partial charge < -0.3 is 14.5 Å². The van der Waals surface area contributed by atoms with Gasteiger partial charge in [-0.05, 0) is 30.2 Å². The van der Waals surface area contributed by atoms with E-state index in [2.05, 4.69) is 11.0 Å². The lowest BCUT2D eigenvalue weighted by Gasteiger charge is -2.35. The Balaban J connectivity index is 1.24. The number of rotatable bonds is 5. The standard InChI is InChI=1S/C25H26FN3O3S/c1-32-16-18-23-19(26)6-4-8-21(23)33-24(18)25(31)28-13-11-27(12-14-28)15-22(30)29-10-9-17-5-2-3-7-20(17)29/h2-8H,9-16H2,1H3. The second-order valence-electron chi connectivity index (χ2n) is 8.45. The predicted octanol–water partition coefficient (Wildman–Crippen LogP) is 3.53. The molecule has 2 amide bonds. The van der Waals surface area contributed by atoms with Gasteiger partial charge in [-0.25, -0.2) is 4.39 Å². The number of hydrogen-bond acceptors (Lipinski definition) is 5. The highest BCUT2D eigenvalue weighted by Crippen LogP contribution is 2.35. The number of amides is 2. The number of methoxy groups -OCH3 is 1. The van der Waals surface area contributed by atoms with Crippen LogP contribution in [0.2, 0.25) is 0 Å². The molecule has 1 fully saturated rings. The van der Waals surface area contributed by atoms with E-state index in [0.29, 0.717) is 48.6 Å². The molecule has 5 rings (SSSR count). The van der Waals surface area contributed by atoms with Crippen LogP contribution in [0.15, 0.2) is 42.5 Å². The second kappa shape index (κ2) is 9.21. The highest BCUT2D eigenvalue weighted by Gasteiger charge is 2.30. The third-order valence-corrected chi connectivity index (χ3v) is 7.64. The van der Waals surface area contributed by atoms with Gasteiger partial charge in [-0.15, -0.1) is 11.3 Å². The topological polar surface area (TPSA) is 53.1 Å². The van der Waals surface area contributed by atoms with Gasteiger partial charge in [0.15, 0.2) is 0 Å². The summed E-state index contributed by atoms with van der Waals surface area (Å²) in [5.41, 5.74) is 2.85. The molecule has 0 aliphatic carbocycles. The number of anilines is 1. The molecule has 2 aliphatic rings. The molecule has 0 bridgehead atoms. The summed E-state index contributed by atoms with van der Waals surface area (Å²) in [6.07, 6.45) is 0.893. The van der Waals surface area contributed by atoms with Gasteiger partial charge in [0.1, 0.15) is 5.82 Å². The minimum absolute atomic E-state index is 0.0953. The molecule has 172 valence electrons. The van der Waals surface area contributed by atoms with Crippen molar-refractivity contribution in [2.75, 3.05) is 51.3 Å². The van der Waals surface area contributed by atoms with Crippen LogP contribution >= 0.6 is 11.3 Å². The molecule has 1 saturated heterocycles. The van der Waals surface area contributed by atoms with Gasteiger partial charge >= 0.3 is 0 Å². The number of hydrogen-bond donors (Lipinski definition) is 0. The number of piperazine rings is 1. The molecule has 0 N–H and O–H groups in total. The molecular formula is C25H26FN3O3S. The average Bonchev–Trinajstić information content (AvgIpc) is 3.42. The highest BCUT2D eigenvalue weighted by molar-refractivity contribution is 7.21. The summed E-state index contributed by atoms with van der Waals surface area (Å²) in [5.74, 6) is -0.328. The number of carbonyl (C=O) groups excluding carboxylic acids is 2. The first-order chi connectivity index (χ1) is 16.1. The molecule has 3 heterocycles. The zero-order chi connectivity index (χ0) is 22.9. The second-order valence-corrected chi connectivity index (χ2v) is 9.50. The van der Waals surface area contributed by atoms with Crippen LogP contribution in [0.5, 0.6) is 0 Å². The Labute approximate surface area is 196 Å². The van der Waals surface area contributed by atoms with Crippen LogP contribution in [0.4, 0.5) is 10.1 Å². The first-order valence-corrected chi connectivity index (χ1v) is 12.0. The Morgan fingerprint density at radius 2 is 1.82 bits per heavy atom. The molecule has 8 heteroatoms. The number of ether oxygens (including phenoxy) is 1. The van der Waals surface area contributed by atoms with E-state index >= 15 is 0 Å². The van der Waals surface area contributed by atoms with Crippen LogP contribution in [0.1, 0.15) is 20.8 Å². The van der Waals surface area contributed by atoms with E-state index in [1.165, 1.54) is 23.0 Å². The van der Waals surface area contributed by atoms with Crippen molar-refractivity contribution < 1.29 is 18.7 Å². The summed E-state index contributed by atoms with van der Waals surface area (Å²) < 4.78 is 20.5. The Morgan fingerprint density at radius 1 is 1.03 bits per heavy atom. The Morgan fingerprint density at radius 3 is 2.61 bits per heavy atom. The molecule has 3 aromatic rings. The first kappa shape index (κ1) is 22.0. The maximum Gasteiger partial charge on any atom is 0.264 e.